The van der Waals surface area contributed by atoms with Crippen molar-refractivity contribution >= 4 is 11.6 Å². The molecule has 0 spiro atoms. The largest absolute Gasteiger partial charge is 0.496 e. The maximum Gasteiger partial charge on any atom is 0.125 e. The van der Waals surface area contributed by atoms with E-state index in [1.807, 2.05) is 18.2 Å². The molecule has 0 aliphatic heterocycles. The molecule has 0 aliphatic rings. The fraction of sp³-hybridized carbons (Fsp3) is 0.286. The number of hydrogen-bond donors (Lipinski definition) is 1. The van der Waals surface area contributed by atoms with Gasteiger partial charge in [-0.2, -0.15) is 0 Å². The predicted molar refractivity (Wildman–Crippen MR) is 75.6 cm³/mol. The number of ether oxygens (including phenoxy) is 1. The molecule has 0 fully saturated rings. The summed E-state index contributed by atoms with van der Waals surface area (Å²) in [7, 11) is 1.64. The minimum atomic E-state index is -0.0154. The maximum absolute atomic E-state index is 6.00. The van der Waals surface area contributed by atoms with E-state index in [0.29, 0.717) is 5.02 Å². The van der Waals surface area contributed by atoms with Crippen LogP contribution in [0.3, 0.4) is 0 Å². The monoisotopic (exact) mass is 277 g/mol. The Balaban J connectivity index is 2.45. The Morgan fingerprint density at radius 3 is 2.68 bits per heavy atom. The number of methoxy groups -OCH3 is 1. The molecule has 0 radical (unpaired) electrons. The zero-order chi connectivity index (χ0) is 13.7. The van der Waals surface area contributed by atoms with Gasteiger partial charge in [0.2, 0.25) is 0 Å². The van der Waals surface area contributed by atoms with Crippen molar-refractivity contribution in [3.05, 3.63) is 53.1 Å². The normalized spacial score (nSPS) is 12.2. The van der Waals surface area contributed by atoms with Crippen LogP contribution in [0.1, 0.15) is 24.1 Å². The predicted octanol–water partition coefficient (Wildman–Crippen LogP) is 2.84. The minimum Gasteiger partial charge on any atom is -0.496 e. The van der Waals surface area contributed by atoms with Gasteiger partial charge in [-0.05, 0) is 18.7 Å². The molecule has 100 valence electrons. The van der Waals surface area contributed by atoms with Crippen molar-refractivity contribution in [2.45, 2.75) is 13.0 Å². The summed E-state index contributed by atoms with van der Waals surface area (Å²) in [5, 5.41) is 4.06. The zero-order valence-corrected chi connectivity index (χ0v) is 11.7. The third kappa shape index (κ3) is 3.22. The van der Waals surface area contributed by atoms with Gasteiger partial charge in [0.05, 0.1) is 13.2 Å². The second-order valence-electron chi connectivity index (χ2n) is 4.05. The lowest BCUT2D eigenvalue weighted by molar-refractivity contribution is 0.404. The van der Waals surface area contributed by atoms with Crippen molar-refractivity contribution in [3.63, 3.8) is 0 Å². The zero-order valence-electron chi connectivity index (χ0n) is 10.9. The highest BCUT2D eigenvalue weighted by atomic mass is 35.5. The van der Waals surface area contributed by atoms with Crippen molar-refractivity contribution in [2.24, 2.45) is 0 Å². The average Bonchev–Trinajstić information content (AvgIpc) is 2.46. The third-order valence-corrected chi connectivity index (χ3v) is 3.06. The van der Waals surface area contributed by atoms with Gasteiger partial charge >= 0.3 is 0 Å². The van der Waals surface area contributed by atoms with Crippen molar-refractivity contribution in [1.82, 2.24) is 15.3 Å². The Hall–Kier alpha value is -1.65. The van der Waals surface area contributed by atoms with Gasteiger partial charge < -0.3 is 10.1 Å². The summed E-state index contributed by atoms with van der Waals surface area (Å²) in [6, 6.07) is 5.61. The van der Waals surface area contributed by atoms with E-state index >= 15 is 0 Å². The highest BCUT2D eigenvalue weighted by molar-refractivity contribution is 6.30. The SMILES string of the molecule is CCNC(c1cncnc1)c1ccc(Cl)cc1OC. The summed E-state index contributed by atoms with van der Waals surface area (Å²) in [6.45, 7) is 2.88. The molecule has 0 bridgehead atoms. The number of hydrogen-bond acceptors (Lipinski definition) is 4. The Kier molecular flexibility index (Phi) is 4.71. The van der Waals surface area contributed by atoms with Gasteiger partial charge in [0.1, 0.15) is 12.1 Å². The van der Waals surface area contributed by atoms with Gasteiger partial charge in [-0.25, -0.2) is 9.97 Å². The first kappa shape index (κ1) is 13.8. The molecule has 19 heavy (non-hydrogen) atoms. The molecular weight excluding hydrogens is 262 g/mol. The van der Waals surface area contributed by atoms with Crippen molar-refractivity contribution in [3.8, 4) is 5.75 Å². The van der Waals surface area contributed by atoms with Crippen LogP contribution >= 0.6 is 11.6 Å². The highest BCUT2D eigenvalue weighted by Gasteiger charge is 2.18. The van der Waals surface area contributed by atoms with Crippen LogP contribution in [0.15, 0.2) is 36.9 Å². The van der Waals surface area contributed by atoms with Gasteiger partial charge in [-0.1, -0.05) is 24.6 Å². The molecule has 0 saturated carbocycles. The summed E-state index contributed by atoms with van der Waals surface area (Å²) < 4.78 is 5.41. The molecule has 1 unspecified atom stereocenters. The first-order chi connectivity index (χ1) is 9.26. The molecule has 0 aliphatic carbocycles. The lowest BCUT2D eigenvalue weighted by atomic mass is 10.00. The quantitative estimate of drug-likeness (QED) is 0.913. The van der Waals surface area contributed by atoms with Crippen LogP contribution in [0.25, 0.3) is 0 Å². The van der Waals surface area contributed by atoms with Crippen LogP contribution < -0.4 is 10.1 Å². The number of benzene rings is 1. The van der Waals surface area contributed by atoms with Crippen LogP contribution in [0, 0.1) is 0 Å². The molecule has 1 aromatic carbocycles. The van der Waals surface area contributed by atoms with E-state index < -0.39 is 0 Å². The molecule has 4 nitrogen and oxygen atoms in total. The number of nitrogens with one attached hydrogen (secondary N) is 1. The lowest BCUT2D eigenvalue weighted by Gasteiger charge is -2.20. The van der Waals surface area contributed by atoms with Crippen LogP contribution in [-0.4, -0.2) is 23.6 Å². The molecule has 2 rings (SSSR count). The van der Waals surface area contributed by atoms with Gasteiger partial charge in [0.25, 0.3) is 0 Å². The van der Waals surface area contributed by atoms with E-state index in [1.54, 1.807) is 19.5 Å². The van der Waals surface area contributed by atoms with E-state index in [4.69, 9.17) is 16.3 Å². The van der Waals surface area contributed by atoms with Crippen LogP contribution in [0.2, 0.25) is 5.02 Å². The molecule has 2 aromatic rings. The fourth-order valence-corrected chi connectivity index (χ4v) is 2.16. The highest BCUT2D eigenvalue weighted by Crippen LogP contribution is 2.31. The van der Waals surface area contributed by atoms with Crippen molar-refractivity contribution in [2.75, 3.05) is 13.7 Å². The van der Waals surface area contributed by atoms with E-state index in [0.717, 1.165) is 23.4 Å². The topological polar surface area (TPSA) is 47.0 Å². The molecule has 1 N–H and O–H groups in total. The summed E-state index contributed by atoms with van der Waals surface area (Å²) in [6.07, 6.45) is 5.12. The molecule has 0 amide bonds. The summed E-state index contributed by atoms with van der Waals surface area (Å²) in [5.41, 5.74) is 2.01. The molecule has 1 heterocycles. The molecule has 1 aromatic heterocycles. The third-order valence-electron chi connectivity index (χ3n) is 2.83. The molecular formula is C14H16ClN3O. The van der Waals surface area contributed by atoms with Crippen molar-refractivity contribution in [1.29, 1.82) is 0 Å². The Morgan fingerprint density at radius 1 is 1.32 bits per heavy atom. The van der Waals surface area contributed by atoms with E-state index in [9.17, 15) is 0 Å². The minimum absolute atomic E-state index is 0.0154. The lowest BCUT2D eigenvalue weighted by Crippen LogP contribution is -2.22. The number of rotatable bonds is 5. The number of nitrogens with zero attached hydrogens (tertiary/aromatic N) is 2. The van der Waals surface area contributed by atoms with Crippen molar-refractivity contribution < 1.29 is 4.74 Å². The second kappa shape index (κ2) is 6.50. The van der Waals surface area contributed by atoms with E-state index in [1.165, 1.54) is 6.33 Å². The Morgan fingerprint density at radius 2 is 2.05 bits per heavy atom. The molecule has 0 saturated heterocycles. The average molecular weight is 278 g/mol. The van der Waals surface area contributed by atoms with Crippen LogP contribution in [0.5, 0.6) is 5.75 Å². The summed E-state index contributed by atoms with van der Waals surface area (Å²) in [4.78, 5) is 8.14. The van der Waals surface area contributed by atoms with E-state index in [-0.39, 0.29) is 6.04 Å². The van der Waals surface area contributed by atoms with Gasteiger partial charge in [-0.3, -0.25) is 0 Å². The first-order valence-corrected chi connectivity index (χ1v) is 6.45. The summed E-state index contributed by atoms with van der Waals surface area (Å²) >= 11 is 6.00. The van der Waals surface area contributed by atoms with Gasteiger partial charge in [0.15, 0.2) is 0 Å². The first-order valence-electron chi connectivity index (χ1n) is 6.08. The van der Waals surface area contributed by atoms with Crippen LogP contribution in [-0.2, 0) is 0 Å². The number of aromatic nitrogens is 2. The Bertz CT molecular complexity index is 533. The van der Waals surface area contributed by atoms with Gasteiger partial charge in [-0.15, -0.1) is 0 Å². The molecule has 1 atom stereocenters. The smallest absolute Gasteiger partial charge is 0.125 e. The Labute approximate surface area is 117 Å². The molecule has 5 heteroatoms. The fourth-order valence-electron chi connectivity index (χ4n) is 1.99. The second-order valence-corrected chi connectivity index (χ2v) is 4.49. The number of halogens is 1. The maximum atomic E-state index is 6.00. The van der Waals surface area contributed by atoms with E-state index in [2.05, 4.69) is 22.2 Å². The standard InChI is InChI=1S/C14H16ClN3O/c1-3-18-14(10-7-16-9-17-8-10)12-5-4-11(15)6-13(12)19-2/h4-9,14,18H,3H2,1-2H3. The summed E-state index contributed by atoms with van der Waals surface area (Å²) in [5.74, 6) is 0.752. The van der Waals surface area contributed by atoms with Crippen LogP contribution in [0.4, 0.5) is 0 Å². The van der Waals surface area contributed by atoms with Gasteiger partial charge in [0, 0.05) is 28.5 Å².